The summed E-state index contributed by atoms with van der Waals surface area (Å²) in [6.07, 6.45) is 0. The number of ketones is 2. The lowest BCUT2D eigenvalue weighted by Gasteiger charge is -1.91. The molecule has 0 aliphatic rings. The van der Waals surface area contributed by atoms with Gasteiger partial charge < -0.3 is 9.47 Å². The number of esters is 2. The molecule has 128 valence electrons. The van der Waals surface area contributed by atoms with Gasteiger partial charge in [0.1, 0.15) is 4.88 Å². The lowest BCUT2D eigenvalue weighted by atomic mass is 10.3. The molecule has 8 heteroatoms. The smallest absolute Gasteiger partial charge is 0.348 e. The molecule has 0 amide bonds. The molecule has 0 saturated heterocycles. The molecule has 0 aliphatic heterocycles. The zero-order chi connectivity index (χ0) is 18.3. The number of methoxy groups -OCH3 is 2. The van der Waals surface area contributed by atoms with E-state index in [-0.39, 0.29) is 11.6 Å². The maximum Gasteiger partial charge on any atom is 0.348 e. The molecular weight excluding hydrogens is 352 g/mol. The van der Waals surface area contributed by atoms with Crippen LogP contribution in [-0.4, -0.2) is 37.7 Å². The number of thiophene rings is 2. The van der Waals surface area contributed by atoms with Gasteiger partial charge in [-0.2, -0.15) is 0 Å². The van der Waals surface area contributed by atoms with Crippen LogP contribution in [0.15, 0.2) is 23.6 Å². The van der Waals surface area contributed by atoms with Gasteiger partial charge in [-0.15, -0.1) is 22.7 Å². The van der Waals surface area contributed by atoms with Gasteiger partial charge in [-0.3, -0.25) is 9.59 Å². The average molecular weight is 368 g/mol. The van der Waals surface area contributed by atoms with E-state index in [0.717, 1.165) is 11.3 Å². The van der Waals surface area contributed by atoms with Gasteiger partial charge in [0.25, 0.3) is 0 Å². The highest BCUT2D eigenvalue weighted by Crippen LogP contribution is 2.17. The predicted octanol–water partition coefficient (Wildman–Crippen LogP) is 3.47. The normalized spacial score (nSPS) is 9.50. The lowest BCUT2D eigenvalue weighted by molar-refractivity contribution is 0.0594. The summed E-state index contributed by atoms with van der Waals surface area (Å²) in [5.74, 6) is -0.864. The fourth-order valence-electron chi connectivity index (χ4n) is 1.48. The third-order valence-electron chi connectivity index (χ3n) is 2.71. The van der Waals surface area contributed by atoms with Crippen molar-refractivity contribution in [3.8, 4) is 0 Å². The molecule has 2 rings (SSSR count). The van der Waals surface area contributed by atoms with Gasteiger partial charge in [-0.05, 0) is 32.0 Å². The van der Waals surface area contributed by atoms with E-state index in [0.29, 0.717) is 20.2 Å². The number of carbonyl (C=O) groups is 4. The largest absolute Gasteiger partial charge is 0.465 e. The number of hydrogen-bond acceptors (Lipinski definition) is 8. The van der Waals surface area contributed by atoms with Crippen LogP contribution in [0.2, 0.25) is 0 Å². The van der Waals surface area contributed by atoms with Crippen molar-refractivity contribution < 1.29 is 28.7 Å². The third kappa shape index (κ3) is 5.39. The molecule has 0 aliphatic carbocycles. The molecule has 2 aromatic heterocycles. The fraction of sp³-hybridized carbons (Fsp3) is 0.250. The first-order chi connectivity index (χ1) is 11.3. The Labute approximate surface area is 147 Å². The van der Waals surface area contributed by atoms with E-state index in [1.165, 1.54) is 39.4 Å². The Bertz CT molecular complexity index is 692. The molecule has 0 radical (unpaired) electrons. The van der Waals surface area contributed by atoms with E-state index in [1.807, 2.05) is 0 Å². The van der Waals surface area contributed by atoms with Gasteiger partial charge in [-0.25, -0.2) is 9.59 Å². The molecule has 0 aromatic carbocycles. The van der Waals surface area contributed by atoms with Gasteiger partial charge >= 0.3 is 11.9 Å². The summed E-state index contributed by atoms with van der Waals surface area (Å²) in [7, 11) is 2.63. The molecule has 2 aromatic rings. The molecular formula is C16H16O6S2. The van der Waals surface area contributed by atoms with E-state index in [1.54, 1.807) is 23.6 Å². The van der Waals surface area contributed by atoms with Crippen molar-refractivity contribution >= 4 is 46.2 Å². The highest BCUT2D eigenvalue weighted by molar-refractivity contribution is 7.15. The van der Waals surface area contributed by atoms with Crippen molar-refractivity contribution in [2.45, 2.75) is 13.8 Å². The maximum atomic E-state index is 10.9. The summed E-state index contributed by atoms with van der Waals surface area (Å²) < 4.78 is 8.98. The Morgan fingerprint density at radius 1 is 0.833 bits per heavy atom. The summed E-state index contributed by atoms with van der Waals surface area (Å²) >= 11 is 2.40. The molecule has 6 nitrogen and oxygen atoms in total. The first kappa shape index (κ1) is 19.7. The van der Waals surface area contributed by atoms with Gasteiger partial charge in [-0.1, -0.05) is 0 Å². The fourth-order valence-corrected chi connectivity index (χ4v) is 3.08. The average Bonchev–Trinajstić information content (AvgIpc) is 3.23. The predicted molar refractivity (Wildman–Crippen MR) is 91.3 cm³/mol. The Hall–Kier alpha value is -2.32. The Morgan fingerprint density at radius 2 is 1.38 bits per heavy atom. The van der Waals surface area contributed by atoms with Gasteiger partial charge in [0.15, 0.2) is 11.6 Å². The van der Waals surface area contributed by atoms with Gasteiger partial charge in [0.05, 0.1) is 29.5 Å². The summed E-state index contributed by atoms with van der Waals surface area (Å²) in [6, 6.07) is 4.76. The molecule has 0 fully saturated rings. The molecule has 0 unspecified atom stereocenters. The number of Topliss-reactive ketones (excluding diaryl/α,β-unsaturated/α-hetero) is 2. The van der Waals surface area contributed by atoms with Crippen LogP contribution < -0.4 is 0 Å². The van der Waals surface area contributed by atoms with Crippen LogP contribution in [0.25, 0.3) is 0 Å². The first-order valence-electron chi connectivity index (χ1n) is 6.67. The molecule has 0 saturated carbocycles. The third-order valence-corrected chi connectivity index (χ3v) is 4.90. The zero-order valence-electron chi connectivity index (χ0n) is 13.6. The number of ether oxygens (including phenoxy) is 2. The van der Waals surface area contributed by atoms with E-state index in [2.05, 4.69) is 9.47 Å². The van der Waals surface area contributed by atoms with Crippen LogP contribution in [0, 0.1) is 0 Å². The molecule has 0 spiro atoms. The second kappa shape index (κ2) is 9.09. The minimum absolute atomic E-state index is 0.0323. The number of rotatable bonds is 4. The van der Waals surface area contributed by atoms with Crippen LogP contribution >= 0.6 is 22.7 Å². The quantitative estimate of drug-likeness (QED) is 0.607. The molecule has 24 heavy (non-hydrogen) atoms. The number of hydrogen-bond donors (Lipinski definition) is 0. The SMILES string of the molecule is COC(=O)c1ccc(C(C)=O)s1.COC(=O)c1csc(C(C)=O)c1. The summed E-state index contributed by atoms with van der Waals surface area (Å²) in [5, 5.41) is 1.61. The molecule has 0 bridgehead atoms. The van der Waals surface area contributed by atoms with E-state index in [4.69, 9.17) is 0 Å². The monoisotopic (exact) mass is 368 g/mol. The Balaban J connectivity index is 0.000000240. The van der Waals surface area contributed by atoms with Gasteiger partial charge in [0.2, 0.25) is 0 Å². The van der Waals surface area contributed by atoms with Crippen molar-refractivity contribution in [2.24, 2.45) is 0 Å². The summed E-state index contributed by atoms with van der Waals surface area (Å²) in [6.45, 7) is 2.93. The maximum absolute atomic E-state index is 10.9. The van der Waals surface area contributed by atoms with Crippen LogP contribution in [0.1, 0.15) is 53.2 Å². The minimum atomic E-state index is -0.404. The summed E-state index contributed by atoms with van der Waals surface area (Å²) in [5.41, 5.74) is 0.438. The van der Waals surface area contributed by atoms with Crippen LogP contribution in [0.3, 0.4) is 0 Å². The van der Waals surface area contributed by atoms with Crippen LogP contribution in [0.5, 0.6) is 0 Å². The highest BCUT2D eigenvalue weighted by Gasteiger charge is 2.11. The Morgan fingerprint density at radius 3 is 1.79 bits per heavy atom. The minimum Gasteiger partial charge on any atom is -0.465 e. The second-order valence-electron chi connectivity index (χ2n) is 4.46. The van der Waals surface area contributed by atoms with Crippen molar-refractivity contribution in [1.29, 1.82) is 0 Å². The first-order valence-corrected chi connectivity index (χ1v) is 8.36. The zero-order valence-corrected chi connectivity index (χ0v) is 15.2. The van der Waals surface area contributed by atoms with Crippen LogP contribution in [-0.2, 0) is 9.47 Å². The van der Waals surface area contributed by atoms with E-state index < -0.39 is 11.9 Å². The molecule has 2 heterocycles. The number of carbonyl (C=O) groups excluding carboxylic acids is 4. The van der Waals surface area contributed by atoms with E-state index >= 15 is 0 Å². The van der Waals surface area contributed by atoms with E-state index in [9.17, 15) is 19.2 Å². The Kier molecular flexibility index (Phi) is 7.47. The molecule has 0 N–H and O–H groups in total. The van der Waals surface area contributed by atoms with Crippen molar-refractivity contribution in [2.75, 3.05) is 14.2 Å². The molecule has 0 atom stereocenters. The standard InChI is InChI=1S/2C8H8O3S/c1-5(9)7-3-6(4-12-7)8(10)11-2;1-5(9)6-3-4-7(12-6)8(10)11-2/h2*3-4H,1-2H3. The van der Waals surface area contributed by atoms with Crippen molar-refractivity contribution in [3.63, 3.8) is 0 Å². The van der Waals surface area contributed by atoms with Crippen molar-refractivity contribution in [3.05, 3.63) is 43.8 Å². The second-order valence-corrected chi connectivity index (χ2v) is 6.45. The highest BCUT2D eigenvalue weighted by atomic mass is 32.1. The van der Waals surface area contributed by atoms with Crippen LogP contribution in [0.4, 0.5) is 0 Å². The lowest BCUT2D eigenvalue weighted by Crippen LogP contribution is -1.98. The van der Waals surface area contributed by atoms with Crippen molar-refractivity contribution in [1.82, 2.24) is 0 Å². The topological polar surface area (TPSA) is 86.7 Å². The summed E-state index contributed by atoms with van der Waals surface area (Å²) in [4.78, 5) is 45.1. The van der Waals surface area contributed by atoms with Gasteiger partial charge in [0, 0.05) is 5.38 Å².